The van der Waals surface area contributed by atoms with Crippen LogP contribution < -0.4 is 18.9 Å². The number of ether oxygens (including phenoxy) is 4. The fourth-order valence-corrected chi connectivity index (χ4v) is 4.00. The number of rotatable bonds is 7. The van der Waals surface area contributed by atoms with Gasteiger partial charge in [-0.05, 0) is 29.8 Å². The zero-order chi connectivity index (χ0) is 21.0. The first-order valence-electron chi connectivity index (χ1n) is 8.79. The molecule has 0 saturated carbocycles. The first-order chi connectivity index (χ1) is 13.8. The van der Waals surface area contributed by atoms with Gasteiger partial charge in [0.1, 0.15) is 0 Å². The van der Waals surface area contributed by atoms with Crippen molar-refractivity contribution in [1.82, 2.24) is 4.31 Å². The molecule has 3 rings (SSSR count). The van der Waals surface area contributed by atoms with E-state index < -0.39 is 16.6 Å². The minimum Gasteiger partial charge on any atom is -0.493 e. The van der Waals surface area contributed by atoms with Gasteiger partial charge in [-0.2, -0.15) is 13.1 Å². The van der Waals surface area contributed by atoms with E-state index in [1.54, 1.807) is 6.07 Å². The second-order valence-electron chi connectivity index (χ2n) is 6.28. The highest BCUT2D eigenvalue weighted by Gasteiger charge is 2.24. The molecule has 158 valence electrons. The third kappa shape index (κ3) is 4.88. The molecule has 1 heterocycles. The molecule has 1 aliphatic rings. The van der Waals surface area contributed by atoms with Crippen molar-refractivity contribution in [2.24, 2.45) is 0 Å². The third-order valence-electron chi connectivity index (χ3n) is 4.28. The van der Waals surface area contributed by atoms with Gasteiger partial charge < -0.3 is 18.9 Å². The fraction of sp³-hybridized carbons (Fsp3) is 0.368. The number of hydrogen-bond donors (Lipinski definition) is 0. The average molecular weight is 429 g/mol. The fourth-order valence-electron chi connectivity index (χ4n) is 2.83. The van der Waals surface area contributed by atoms with Gasteiger partial charge in [-0.15, -0.1) is 0 Å². The Kier molecular flexibility index (Phi) is 6.43. The summed E-state index contributed by atoms with van der Waals surface area (Å²) in [6.07, 6.45) is 0.712. The predicted molar refractivity (Wildman–Crippen MR) is 100 cm³/mol. The van der Waals surface area contributed by atoms with Crippen LogP contribution in [0.5, 0.6) is 23.0 Å². The molecule has 0 aliphatic carbocycles. The highest BCUT2D eigenvalue weighted by atomic mass is 32.2. The Balaban J connectivity index is 1.81. The van der Waals surface area contributed by atoms with Gasteiger partial charge in [0, 0.05) is 26.1 Å². The summed E-state index contributed by atoms with van der Waals surface area (Å²) in [6.45, 7) is -2.04. The smallest absolute Gasteiger partial charge is 0.387 e. The topological polar surface area (TPSA) is 74.3 Å². The molecule has 7 nitrogen and oxygen atoms in total. The Bertz CT molecular complexity index is 967. The Morgan fingerprint density at radius 2 is 1.79 bits per heavy atom. The van der Waals surface area contributed by atoms with Crippen molar-refractivity contribution in [3.05, 3.63) is 42.0 Å². The monoisotopic (exact) mass is 429 g/mol. The Morgan fingerprint density at radius 1 is 1.07 bits per heavy atom. The van der Waals surface area contributed by atoms with Crippen LogP contribution in [0.15, 0.2) is 41.3 Å². The van der Waals surface area contributed by atoms with E-state index in [0.717, 1.165) is 4.31 Å². The van der Waals surface area contributed by atoms with Gasteiger partial charge in [-0.3, -0.25) is 0 Å². The van der Waals surface area contributed by atoms with E-state index in [2.05, 4.69) is 4.74 Å². The van der Waals surface area contributed by atoms with E-state index in [0.29, 0.717) is 36.7 Å². The summed E-state index contributed by atoms with van der Waals surface area (Å²) in [4.78, 5) is 0.0638. The summed E-state index contributed by atoms with van der Waals surface area (Å²) in [5, 5.41) is 0. The molecule has 0 spiro atoms. The third-order valence-corrected chi connectivity index (χ3v) is 6.08. The maximum absolute atomic E-state index is 12.9. The molecule has 2 aromatic carbocycles. The van der Waals surface area contributed by atoms with Crippen molar-refractivity contribution < 1.29 is 36.1 Å². The number of halogens is 2. The minimum absolute atomic E-state index is 0.00208. The lowest BCUT2D eigenvalue weighted by Crippen LogP contribution is -2.26. The summed E-state index contributed by atoms with van der Waals surface area (Å²) < 4.78 is 72.5. The molecule has 0 N–H and O–H groups in total. The summed E-state index contributed by atoms with van der Waals surface area (Å²) in [7, 11) is -1.09. The van der Waals surface area contributed by atoms with Crippen molar-refractivity contribution in [2.45, 2.75) is 24.5 Å². The highest BCUT2D eigenvalue weighted by molar-refractivity contribution is 7.89. The summed E-state index contributed by atoms with van der Waals surface area (Å²) >= 11 is 0. The summed E-state index contributed by atoms with van der Waals surface area (Å²) in [6, 6.07) is 8.74. The second-order valence-corrected chi connectivity index (χ2v) is 8.33. The SMILES string of the molecule is COc1cc(CN(C)S(=O)(=O)c2ccc3c(c2)OCCCO3)ccc1OC(F)F. The van der Waals surface area contributed by atoms with Gasteiger partial charge in [0.05, 0.1) is 25.2 Å². The average Bonchev–Trinajstić information content (AvgIpc) is 2.93. The van der Waals surface area contributed by atoms with Gasteiger partial charge in [0.15, 0.2) is 23.0 Å². The molecule has 0 radical (unpaired) electrons. The number of sulfonamides is 1. The van der Waals surface area contributed by atoms with Gasteiger partial charge in [0.25, 0.3) is 0 Å². The largest absolute Gasteiger partial charge is 0.493 e. The van der Waals surface area contributed by atoms with Crippen molar-refractivity contribution in [3.8, 4) is 23.0 Å². The number of fused-ring (bicyclic) bond motifs is 1. The van der Waals surface area contributed by atoms with Crippen LogP contribution in [0, 0.1) is 0 Å². The molecule has 0 saturated heterocycles. The normalized spacial score (nSPS) is 14.0. The van der Waals surface area contributed by atoms with Crippen molar-refractivity contribution in [3.63, 3.8) is 0 Å². The highest BCUT2D eigenvalue weighted by Crippen LogP contribution is 2.34. The maximum atomic E-state index is 12.9. The molecule has 29 heavy (non-hydrogen) atoms. The first-order valence-corrected chi connectivity index (χ1v) is 10.2. The van der Waals surface area contributed by atoms with E-state index in [9.17, 15) is 17.2 Å². The molecular weight excluding hydrogens is 408 g/mol. The quantitative estimate of drug-likeness (QED) is 0.673. The Morgan fingerprint density at radius 3 is 2.48 bits per heavy atom. The van der Waals surface area contributed by atoms with E-state index in [1.807, 2.05) is 0 Å². The van der Waals surface area contributed by atoms with Gasteiger partial charge in [-0.1, -0.05) is 6.07 Å². The first kappa shape index (κ1) is 21.1. The minimum atomic E-state index is -3.83. The Labute approximate surface area is 167 Å². The molecule has 2 aromatic rings. The van der Waals surface area contributed by atoms with Crippen LogP contribution in [0.4, 0.5) is 8.78 Å². The van der Waals surface area contributed by atoms with E-state index >= 15 is 0 Å². The molecule has 1 aliphatic heterocycles. The Hall–Kier alpha value is -2.59. The van der Waals surface area contributed by atoms with Gasteiger partial charge >= 0.3 is 6.61 Å². The van der Waals surface area contributed by atoms with E-state index in [4.69, 9.17) is 14.2 Å². The molecule has 0 aromatic heterocycles. The maximum Gasteiger partial charge on any atom is 0.387 e. The van der Waals surface area contributed by atoms with Crippen LogP contribution in [0.1, 0.15) is 12.0 Å². The number of alkyl halides is 2. The molecule has 10 heteroatoms. The molecule has 0 unspecified atom stereocenters. The predicted octanol–water partition coefficient (Wildman–Crippen LogP) is 3.28. The lowest BCUT2D eigenvalue weighted by Gasteiger charge is -2.19. The molecule has 0 fully saturated rings. The number of nitrogens with zero attached hydrogens (tertiary/aromatic N) is 1. The molecular formula is C19H21F2NO6S. The van der Waals surface area contributed by atoms with Crippen LogP contribution in [-0.4, -0.2) is 46.7 Å². The van der Waals surface area contributed by atoms with Crippen LogP contribution in [0.2, 0.25) is 0 Å². The zero-order valence-electron chi connectivity index (χ0n) is 15.9. The second kappa shape index (κ2) is 8.83. The molecule has 0 amide bonds. The zero-order valence-corrected chi connectivity index (χ0v) is 16.7. The van der Waals surface area contributed by atoms with Crippen LogP contribution in [-0.2, 0) is 16.6 Å². The van der Waals surface area contributed by atoms with Gasteiger partial charge in [0.2, 0.25) is 10.0 Å². The summed E-state index contributed by atoms with van der Waals surface area (Å²) in [5.74, 6) is 0.847. The van der Waals surface area contributed by atoms with Crippen LogP contribution in [0.25, 0.3) is 0 Å². The van der Waals surface area contributed by atoms with Crippen molar-refractivity contribution in [2.75, 3.05) is 27.4 Å². The van der Waals surface area contributed by atoms with Gasteiger partial charge in [-0.25, -0.2) is 8.42 Å². The summed E-state index contributed by atoms with van der Waals surface area (Å²) in [5.41, 5.74) is 0.545. The number of hydrogen-bond acceptors (Lipinski definition) is 6. The molecule has 0 atom stereocenters. The van der Waals surface area contributed by atoms with Crippen molar-refractivity contribution >= 4 is 10.0 Å². The van der Waals surface area contributed by atoms with Crippen LogP contribution >= 0.6 is 0 Å². The lowest BCUT2D eigenvalue weighted by atomic mass is 10.2. The lowest BCUT2D eigenvalue weighted by molar-refractivity contribution is -0.0512. The van der Waals surface area contributed by atoms with Crippen molar-refractivity contribution in [1.29, 1.82) is 0 Å². The standard InChI is InChI=1S/C19H21F2NO6S/c1-22(12-13-4-6-16(28-19(20)21)17(10-13)25-2)29(23,24)14-5-7-15-18(11-14)27-9-3-8-26-15/h4-7,10-11,19H,3,8-9,12H2,1-2H3. The van der Waals surface area contributed by atoms with E-state index in [1.165, 1.54) is 44.5 Å². The number of methoxy groups -OCH3 is 1. The molecule has 0 bridgehead atoms. The van der Waals surface area contributed by atoms with E-state index in [-0.39, 0.29) is 22.9 Å². The van der Waals surface area contributed by atoms with Crippen LogP contribution in [0.3, 0.4) is 0 Å². The number of benzene rings is 2.